The fourth-order valence-corrected chi connectivity index (χ4v) is 7.28. The lowest BCUT2D eigenvalue weighted by Gasteiger charge is -2.29. The smallest absolute Gasteiger partial charge is 0.340 e. The molecule has 1 unspecified atom stereocenters. The molecule has 1 N–H and O–H groups in total. The van der Waals surface area contributed by atoms with Crippen LogP contribution < -0.4 is 0 Å². The molecule has 200 valence electrons. The molecule has 6 aromatic rings. The summed E-state index contributed by atoms with van der Waals surface area (Å²) in [5, 5.41) is 3.24. The van der Waals surface area contributed by atoms with Crippen LogP contribution >= 0.6 is 0 Å². The van der Waals surface area contributed by atoms with Crippen molar-refractivity contribution in [3.63, 3.8) is 0 Å². The highest BCUT2D eigenvalue weighted by atomic mass is 16.6. The fraction of sp³-hybridized carbons (Fsp3) is 0.229. The van der Waals surface area contributed by atoms with Crippen molar-refractivity contribution in [2.75, 3.05) is 0 Å². The Morgan fingerprint density at radius 3 is 2.00 bits per heavy atom. The minimum atomic E-state index is -1.10. The average molecular weight is 528 g/mol. The maximum absolute atomic E-state index is 14.2. The highest BCUT2D eigenvalue weighted by Gasteiger charge is 2.49. The van der Waals surface area contributed by atoms with Crippen molar-refractivity contribution in [3.05, 3.63) is 113 Å². The first kappa shape index (κ1) is 24.5. The van der Waals surface area contributed by atoms with Crippen molar-refractivity contribution in [2.45, 2.75) is 53.3 Å². The zero-order valence-electron chi connectivity index (χ0n) is 23.6. The van der Waals surface area contributed by atoms with Gasteiger partial charge in [0.15, 0.2) is 5.60 Å². The normalized spacial score (nSPS) is 17.3. The molecule has 0 radical (unpaired) electrons. The number of hydrogen-bond donors (Lipinski definition) is 1. The summed E-state index contributed by atoms with van der Waals surface area (Å²) in [5.74, 6) is -0.292. The number of nitrogens with zero attached hydrogens (tertiary/aromatic N) is 2. The molecule has 4 heterocycles. The summed E-state index contributed by atoms with van der Waals surface area (Å²) >= 11 is 0. The van der Waals surface area contributed by atoms with Gasteiger partial charge in [0.05, 0.1) is 5.57 Å². The van der Waals surface area contributed by atoms with Crippen LogP contribution in [0.3, 0.4) is 0 Å². The number of fused-ring (bicyclic) bond motifs is 3. The first-order valence-corrected chi connectivity index (χ1v) is 14.1. The number of nitrogens with one attached hydrogen (secondary N) is 1. The third kappa shape index (κ3) is 3.12. The number of para-hydroxylation sites is 3. The first-order valence-electron chi connectivity index (χ1n) is 14.1. The van der Waals surface area contributed by atoms with Crippen molar-refractivity contribution in [2.24, 2.45) is 0 Å². The van der Waals surface area contributed by atoms with E-state index in [-0.39, 0.29) is 5.97 Å². The number of ether oxygens (including phenoxy) is 1. The maximum Gasteiger partial charge on any atom is 0.340 e. The van der Waals surface area contributed by atoms with Gasteiger partial charge < -0.3 is 18.9 Å². The lowest BCUT2D eigenvalue weighted by atomic mass is 9.82. The molecule has 1 aliphatic heterocycles. The monoisotopic (exact) mass is 527 g/mol. The molecule has 3 aromatic heterocycles. The zero-order chi connectivity index (χ0) is 27.8. The Morgan fingerprint density at radius 2 is 1.30 bits per heavy atom. The number of aromatic nitrogens is 3. The standard InChI is InChI=1S/C35H33N3O2/c1-6-37-22(4)31(25-15-9-12-18-29(25)37)27-20-35(40-34(27)39,32-21(3)36-28-17-11-8-14-24(28)32)33-23(5)38(7-2)30-19-13-10-16-26(30)33/h8-20,36H,6-7H2,1-5H3. The third-order valence-electron chi connectivity index (χ3n) is 8.82. The second-order valence-corrected chi connectivity index (χ2v) is 10.8. The number of esters is 1. The van der Waals surface area contributed by atoms with Crippen LogP contribution in [0, 0.1) is 20.8 Å². The quantitative estimate of drug-likeness (QED) is 0.232. The molecule has 7 rings (SSSR count). The Hall–Kier alpha value is -4.51. The van der Waals surface area contributed by atoms with E-state index in [1.165, 1.54) is 0 Å². The van der Waals surface area contributed by atoms with Crippen LogP contribution in [0.25, 0.3) is 38.3 Å². The van der Waals surface area contributed by atoms with E-state index in [1.54, 1.807) is 0 Å². The molecule has 0 amide bonds. The van der Waals surface area contributed by atoms with E-state index in [0.29, 0.717) is 5.57 Å². The van der Waals surface area contributed by atoms with Crippen LogP contribution in [0.4, 0.5) is 0 Å². The van der Waals surface area contributed by atoms with Gasteiger partial charge in [-0.1, -0.05) is 54.6 Å². The molecule has 5 heteroatoms. The average Bonchev–Trinajstić information content (AvgIpc) is 3.64. The van der Waals surface area contributed by atoms with Gasteiger partial charge in [0.2, 0.25) is 0 Å². The Labute approximate surface area is 233 Å². The minimum Gasteiger partial charge on any atom is -0.441 e. The number of rotatable bonds is 5. The topological polar surface area (TPSA) is 51.9 Å². The molecule has 0 aliphatic carbocycles. The lowest BCUT2D eigenvalue weighted by Crippen LogP contribution is -2.29. The van der Waals surface area contributed by atoms with Gasteiger partial charge in [0, 0.05) is 79.6 Å². The molecule has 5 nitrogen and oxygen atoms in total. The molecular formula is C35H33N3O2. The second-order valence-electron chi connectivity index (χ2n) is 10.8. The summed E-state index contributed by atoms with van der Waals surface area (Å²) in [6.07, 6.45) is 2.11. The van der Waals surface area contributed by atoms with E-state index in [2.05, 4.69) is 115 Å². The van der Waals surface area contributed by atoms with Crippen molar-refractivity contribution in [1.29, 1.82) is 0 Å². The van der Waals surface area contributed by atoms with Crippen molar-refractivity contribution < 1.29 is 9.53 Å². The Bertz CT molecular complexity index is 2020. The highest BCUT2D eigenvalue weighted by molar-refractivity contribution is 6.23. The van der Waals surface area contributed by atoms with E-state index >= 15 is 0 Å². The molecular weight excluding hydrogens is 494 g/mol. The zero-order valence-corrected chi connectivity index (χ0v) is 23.6. The number of hydrogen-bond acceptors (Lipinski definition) is 2. The summed E-state index contributed by atoms with van der Waals surface area (Å²) in [4.78, 5) is 17.8. The Morgan fingerprint density at radius 1 is 0.725 bits per heavy atom. The van der Waals surface area contributed by atoms with Crippen LogP contribution in [-0.4, -0.2) is 20.1 Å². The van der Waals surface area contributed by atoms with E-state index < -0.39 is 5.60 Å². The van der Waals surface area contributed by atoms with E-state index in [9.17, 15) is 4.79 Å². The van der Waals surface area contributed by atoms with Crippen LogP contribution in [-0.2, 0) is 28.2 Å². The summed E-state index contributed by atoms with van der Waals surface area (Å²) in [6.45, 7) is 12.3. The molecule has 0 bridgehead atoms. The van der Waals surface area contributed by atoms with Gasteiger partial charge >= 0.3 is 5.97 Å². The fourth-order valence-electron chi connectivity index (χ4n) is 7.28. The molecule has 0 fully saturated rings. The number of carbonyl (C=O) groups excluding carboxylic acids is 1. The van der Waals surface area contributed by atoms with Crippen LogP contribution in [0.1, 0.15) is 47.6 Å². The van der Waals surface area contributed by atoms with Gasteiger partial charge in [-0.25, -0.2) is 4.79 Å². The van der Waals surface area contributed by atoms with Gasteiger partial charge in [-0.2, -0.15) is 0 Å². The van der Waals surface area contributed by atoms with E-state index in [0.717, 1.165) is 79.6 Å². The predicted octanol–water partition coefficient (Wildman–Crippen LogP) is 7.93. The predicted molar refractivity (Wildman–Crippen MR) is 163 cm³/mol. The van der Waals surface area contributed by atoms with Gasteiger partial charge in [-0.3, -0.25) is 0 Å². The summed E-state index contributed by atoms with van der Waals surface area (Å²) in [5.41, 5.74) is 8.98. The minimum absolute atomic E-state index is 0.292. The first-order chi connectivity index (χ1) is 19.4. The molecule has 0 spiro atoms. The van der Waals surface area contributed by atoms with Gasteiger partial charge in [0.25, 0.3) is 0 Å². The van der Waals surface area contributed by atoms with Gasteiger partial charge in [0.1, 0.15) is 0 Å². The van der Waals surface area contributed by atoms with Crippen molar-refractivity contribution in [1.82, 2.24) is 14.1 Å². The van der Waals surface area contributed by atoms with Crippen molar-refractivity contribution >= 4 is 44.3 Å². The summed E-state index contributed by atoms with van der Waals surface area (Å²) in [6, 6.07) is 25.1. The van der Waals surface area contributed by atoms with E-state index in [1.807, 2.05) is 12.1 Å². The SMILES string of the molecule is CCn1c(C)c(C2=CC(c3c(C)[nH]c4ccccc34)(c3c(C)n(CC)c4ccccc34)OC2=O)c2ccccc21. The number of H-pyrrole nitrogens is 1. The third-order valence-corrected chi connectivity index (χ3v) is 8.82. The Kier molecular flexibility index (Phi) is 5.36. The lowest BCUT2D eigenvalue weighted by molar-refractivity contribution is -0.142. The number of carbonyl (C=O) groups is 1. The molecule has 0 saturated carbocycles. The molecule has 3 aromatic carbocycles. The van der Waals surface area contributed by atoms with Gasteiger partial charge in [-0.05, 0) is 58.9 Å². The largest absolute Gasteiger partial charge is 0.441 e. The highest BCUT2D eigenvalue weighted by Crippen LogP contribution is 2.51. The Balaban J connectivity index is 1.63. The van der Waals surface area contributed by atoms with Crippen LogP contribution in [0.5, 0.6) is 0 Å². The molecule has 40 heavy (non-hydrogen) atoms. The number of cyclic esters (lactones) is 1. The number of aryl methyl sites for hydroxylation is 3. The van der Waals surface area contributed by atoms with Gasteiger partial charge in [-0.15, -0.1) is 0 Å². The summed E-state index contributed by atoms with van der Waals surface area (Å²) < 4.78 is 11.4. The summed E-state index contributed by atoms with van der Waals surface area (Å²) in [7, 11) is 0. The maximum atomic E-state index is 14.2. The molecule has 1 atom stereocenters. The van der Waals surface area contributed by atoms with Crippen LogP contribution in [0.2, 0.25) is 0 Å². The van der Waals surface area contributed by atoms with E-state index in [4.69, 9.17) is 4.74 Å². The van der Waals surface area contributed by atoms with Crippen molar-refractivity contribution in [3.8, 4) is 0 Å². The molecule has 0 saturated heterocycles. The molecule has 1 aliphatic rings. The second kappa shape index (κ2) is 8.75. The number of aromatic amines is 1. The van der Waals surface area contributed by atoms with Crippen LogP contribution in [0.15, 0.2) is 78.9 Å². The number of benzene rings is 3.